The van der Waals surface area contributed by atoms with Crippen molar-refractivity contribution in [3.8, 4) is 0 Å². The standard InChI is InChI=1S/C11H22BrNO/c1-9(2)6-7-11(14)13-8-4-5-10(3)12/h9-10H,4-8H2,1-3H3,(H,13,14). The van der Waals surface area contributed by atoms with Crippen molar-refractivity contribution in [2.75, 3.05) is 6.54 Å². The minimum atomic E-state index is 0.195. The SMILES string of the molecule is CC(C)CCC(=O)NCCCC(C)Br. The molecule has 0 saturated carbocycles. The highest BCUT2D eigenvalue weighted by Crippen LogP contribution is 2.05. The van der Waals surface area contributed by atoms with Crippen molar-refractivity contribution in [1.82, 2.24) is 5.32 Å². The number of alkyl halides is 1. The number of hydrogen-bond acceptors (Lipinski definition) is 1. The molecule has 14 heavy (non-hydrogen) atoms. The van der Waals surface area contributed by atoms with Crippen molar-refractivity contribution in [3.63, 3.8) is 0 Å². The van der Waals surface area contributed by atoms with Gasteiger partial charge in [0.15, 0.2) is 0 Å². The van der Waals surface area contributed by atoms with E-state index in [1.807, 2.05) is 0 Å². The molecule has 0 saturated heterocycles. The zero-order valence-electron chi connectivity index (χ0n) is 9.48. The molecule has 1 amide bonds. The van der Waals surface area contributed by atoms with Crippen LogP contribution in [0, 0.1) is 5.92 Å². The van der Waals surface area contributed by atoms with E-state index in [-0.39, 0.29) is 5.91 Å². The number of hydrogen-bond donors (Lipinski definition) is 1. The van der Waals surface area contributed by atoms with Crippen molar-refractivity contribution < 1.29 is 4.79 Å². The number of rotatable bonds is 7. The van der Waals surface area contributed by atoms with Crippen molar-refractivity contribution in [3.05, 3.63) is 0 Å². The molecule has 0 aromatic heterocycles. The van der Waals surface area contributed by atoms with Crippen molar-refractivity contribution >= 4 is 21.8 Å². The summed E-state index contributed by atoms with van der Waals surface area (Å²) in [5.74, 6) is 0.809. The Hall–Kier alpha value is -0.0500. The maximum absolute atomic E-state index is 11.3. The topological polar surface area (TPSA) is 29.1 Å². The van der Waals surface area contributed by atoms with Crippen LogP contribution in [0.25, 0.3) is 0 Å². The van der Waals surface area contributed by atoms with Gasteiger partial charge in [0, 0.05) is 17.8 Å². The van der Waals surface area contributed by atoms with Crippen LogP contribution in [0.4, 0.5) is 0 Å². The number of carbonyl (C=O) groups excluding carboxylic acids is 1. The molecular formula is C11H22BrNO. The third kappa shape index (κ3) is 10.0. The maximum Gasteiger partial charge on any atom is 0.220 e. The Morgan fingerprint density at radius 3 is 2.43 bits per heavy atom. The minimum Gasteiger partial charge on any atom is -0.356 e. The third-order valence-corrected chi connectivity index (χ3v) is 2.51. The molecule has 1 N–H and O–H groups in total. The Balaban J connectivity index is 3.27. The van der Waals surface area contributed by atoms with E-state index >= 15 is 0 Å². The summed E-state index contributed by atoms with van der Waals surface area (Å²) < 4.78 is 0. The predicted molar refractivity (Wildman–Crippen MR) is 64.7 cm³/mol. The second kappa shape index (κ2) is 8.27. The molecule has 0 fully saturated rings. The first-order valence-electron chi connectivity index (χ1n) is 5.43. The van der Waals surface area contributed by atoms with Gasteiger partial charge in [-0.1, -0.05) is 36.7 Å². The lowest BCUT2D eigenvalue weighted by Gasteiger charge is -2.07. The van der Waals surface area contributed by atoms with Crippen LogP contribution in [0.1, 0.15) is 46.5 Å². The highest BCUT2D eigenvalue weighted by Gasteiger charge is 2.02. The quantitative estimate of drug-likeness (QED) is 0.555. The van der Waals surface area contributed by atoms with E-state index in [2.05, 4.69) is 42.0 Å². The fourth-order valence-corrected chi connectivity index (χ4v) is 1.44. The number of nitrogens with one attached hydrogen (secondary N) is 1. The van der Waals surface area contributed by atoms with Crippen LogP contribution < -0.4 is 5.32 Å². The van der Waals surface area contributed by atoms with E-state index in [4.69, 9.17) is 0 Å². The largest absolute Gasteiger partial charge is 0.356 e. The summed E-state index contributed by atoms with van der Waals surface area (Å²) in [5, 5.41) is 2.93. The van der Waals surface area contributed by atoms with Gasteiger partial charge in [0.25, 0.3) is 0 Å². The van der Waals surface area contributed by atoms with Gasteiger partial charge in [-0.2, -0.15) is 0 Å². The number of carbonyl (C=O) groups is 1. The van der Waals surface area contributed by atoms with Crippen molar-refractivity contribution in [1.29, 1.82) is 0 Å². The molecule has 0 aromatic rings. The molecule has 0 spiro atoms. The second-order valence-corrected chi connectivity index (χ2v) is 5.77. The molecule has 3 heteroatoms. The Morgan fingerprint density at radius 2 is 1.93 bits per heavy atom. The molecule has 0 radical (unpaired) electrons. The average molecular weight is 264 g/mol. The van der Waals surface area contributed by atoms with Crippen molar-refractivity contribution in [2.24, 2.45) is 5.92 Å². The molecule has 0 aromatic carbocycles. The van der Waals surface area contributed by atoms with Gasteiger partial charge in [-0.05, 0) is 25.2 Å². The van der Waals surface area contributed by atoms with Crippen LogP contribution in [0.2, 0.25) is 0 Å². The van der Waals surface area contributed by atoms with Crippen LogP contribution in [0.5, 0.6) is 0 Å². The highest BCUT2D eigenvalue weighted by atomic mass is 79.9. The summed E-state index contributed by atoms with van der Waals surface area (Å²) in [4.78, 5) is 11.8. The fraction of sp³-hybridized carbons (Fsp3) is 0.909. The van der Waals surface area contributed by atoms with Gasteiger partial charge in [-0.3, -0.25) is 4.79 Å². The highest BCUT2D eigenvalue weighted by molar-refractivity contribution is 9.09. The van der Waals surface area contributed by atoms with Gasteiger partial charge in [-0.25, -0.2) is 0 Å². The predicted octanol–water partition coefficient (Wildman–Crippen LogP) is 3.10. The van der Waals surface area contributed by atoms with E-state index in [0.717, 1.165) is 25.8 Å². The summed E-state index contributed by atoms with van der Waals surface area (Å²) in [7, 11) is 0. The fourth-order valence-electron chi connectivity index (χ4n) is 1.12. The number of amides is 1. The van der Waals surface area contributed by atoms with Gasteiger partial charge in [0.05, 0.1) is 0 Å². The Morgan fingerprint density at radius 1 is 1.29 bits per heavy atom. The summed E-state index contributed by atoms with van der Waals surface area (Å²) >= 11 is 3.48. The molecule has 2 nitrogen and oxygen atoms in total. The minimum absolute atomic E-state index is 0.195. The maximum atomic E-state index is 11.3. The van der Waals surface area contributed by atoms with Crippen LogP contribution >= 0.6 is 15.9 Å². The van der Waals surface area contributed by atoms with Gasteiger partial charge >= 0.3 is 0 Å². The van der Waals surface area contributed by atoms with Gasteiger partial charge in [0.1, 0.15) is 0 Å². The Labute approximate surface area is 96.0 Å². The normalized spacial score (nSPS) is 12.9. The Kier molecular flexibility index (Phi) is 8.24. The third-order valence-electron chi connectivity index (χ3n) is 2.05. The summed E-state index contributed by atoms with van der Waals surface area (Å²) in [5.41, 5.74) is 0. The summed E-state index contributed by atoms with van der Waals surface area (Å²) in [6, 6.07) is 0. The molecular weight excluding hydrogens is 242 g/mol. The Bertz CT molecular complexity index is 157. The molecule has 0 aliphatic rings. The molecule has 0 aliphatic carbocycles. The first-order chi connectivity index (χ1) is 6.52. The molecule has 84 valence electrons. The molecule has 1 atom stereocenters. The first-order valence-corrected chi connectivity index (χ1v) is 6.34. The van der Waals surface area contributed by atoms with Crippen LogP contribution in [0.3, 0.4) is 0 Å². The monoisotopic (exact) mass is 263 g/mol. The second-order valence-electron chi connectivity index (χ2n) is 4.21. The number of halogens is 1. The average Bonchev–Trinajstić information content (AvgIpc) is 2.08. The molecule has 0 rings (SSSR count). The smallest absolute Gasteiger partial charge is 0.220 e. The van der Waals surface area contributed by atoms with Crippen LogP contribution in [-0.2, 0) is 4.79 Å². The van der Waals surface area contributed by atoms with E-state index in [1.165, 1.54) is 0 Å². The lowest BCUT2D eigenvalue weighted by Crippen LogP contribution is -2.24. The molecule has 0 bridgehead atoms. The first kappa shape index (κ1) is 13.9. The lowest BCUT2D eigenvalue weighted by atomic mass is 10.1. The molecule has 0 heterocycles. The van der Waals surface area contributed by atoms with E-state index < -0.39 is 0 Å². The van der Waals surface area contributed by atoms with E-state index in [9.17, 15) is 4.79 Å². The van der Waals surface area contributed by atoms with Crippen molar-refractivity contribution in [2.45, 2.75) is 51.3 Å². The lowest BCUT2D eigenvalue weighted by molar-refractivity contribution is -0.121. The van der Waals surface area contributed by atoms with Gasteiger partial charge in [-0.15, -0.1) is 0 Å². The zero-order valence-corrected chi connectivity index (χ0v) is 11.1. The van der Waals surface area contributed by atoms with E-state index in [0.29, 0.717) is 17.2 Å². The summed E-state index contributed by atoms with van der Waals surface area (Å²) in [6.45, 7) is 7.22. The van der Waals surface area contributed by atoms with Gasteiger partial charge in [0.2, 0.25) is 5.91 Å². The zero-order chi connectivity index (χ0) is 11.0. The van der Waals surface area contributed by atoms with Crippen LogP contribution in [-0.4, -0.2) is 17.3 Å². The molecule has 1 unspecified atom stereocenters. The van der Waals surface area contributed by atoms with Gasteiger partial charge < -0.3 is 5.32 Å². The van der Waals surface area contributed by atoms with Crippen LogP contribution in [0.15, 0.2) is 0 Å². The summed E-state index contributed by atoms with van der Waals surface area (Å²) in [6.07, 6.45) is 3.83. The molecule has 0 aliphatic heterocycles. The van der Waals surface area contributed by atoms with E-state index in [1.54, 1.807) is 0 Å².